The number of H-pyrrole nitrogens is 1. The minimum Gasteiger partial charge on any atom is -0.400 e. The van der Waals surface area contributed by atoms with Crippen LogP contribution in [0.5, 0.6) is 0 Å². The number of aromatic nitrogens is 4. The minimum atomic E-state index is -0.190. The number of methoxy groups -OCH3 is 1. The zero-order valence-electron chi connectivity index (χ0n) is 18.3. The first-order valence-corrected chi connectivity index (χ1v) is 10.4. The van der Waals surface area contributed by atoms with E-state index >= 15 is 0 Å². The van der Waals surface area contributed by atoms with Crippen LogP contribution in [0.4, 0.5) is 5.69 Å². The smallest absolute Gasteiger partial charge is 0.259 e. The molecule has 3 heterocycles. The molecular weight excluding hydrogens is 408 g/mol. The van der Waals surface area contributed by atoms with E-state index in [-0.39, 0.29) is 5.91 Å². The molecule has 0 fully saturated rings. The zero-order valence-corrected chi connectivity index (χ0v) is 18.3. The molecular formula is C23H28N6O3. The maximum absolute atomic E-state index is 12.2. The Bertz CT molecular complexity index is 1150. The Kier molecular flexibility index (Phi) is 8.47. The molecule has 3 aromatic rings. The lowest BCUT2D eigenvalue weighted by atomic mass is 10.1. The molecule has 0 bridgehead atoms. The molecule has 0 atom stereocenters. The Balaban J connectivity index is 0.000000218. The van der Waals surface area contributed by atoms with Crippen molar-refractivity contribution < 1.29 is 14.6 Å². The maximum Gasteiger partial charge on any atom is 0.259 e. The predicted octanol–water partition coefficient (Wildman–Crippen LogP) is 0.919. The second-order valence-corrected chi connectivity index (χ2v) is 7.03. The number of amidine groups is 1. The summed E-state index contributed by atoms with van der Waals surface area (Å²) >= 11 is 0. The molecule has 3 N–H and O–H groups in total. The van der Waals surface area contributed by atoms with Crippen molar-refractivity contribution >= 4 is 29.6 Å². The normalized spacial score (nSPS) is 13.0. The van der Waals surface area contributed by atoms with Crippen LogP contribution in [0.1, 0.15) is 28.8 Å². The van der Waals surface area contributed by atoms with Crippen LogP contribution in [-0.4, -0.2) is 57.7 Å². The third kappa shape index (κ3) is 5.99. The number of aliphatic hydroxyl groups excluding tert-OH is 1. The lowest BCUT2D eigenvalue weighted by Crippen LogP contribution is -2.30. The van der Waals surface area contributed by atoms with Crippen LogP contribution in [0.15, 0.2) is 47.8 Å². The van der Waals surface area contributed by atoms with Gasteiger partial charge in [0, 0.05) is 32.1 Å². The van der Waals surface area contributed by atoms with Crippen LogP contribution >= 0.6 is 0 Å². The standard InChI is InChI=1S/C15H16N4O2.C7H8N2.CH4O/c1-21-7-6-19-10-12(9-16-19)15(20)18-14-8-11-4-2-3-5-13(11)17-14;1-2-4-7-6(3-1)5-8-9-7;1-2/h2-5,9-10H,6-8H2,1H3,(H,17,18,20);3-5,9H,1-2H2;2H,1H3. The Morgan fingerprint density at radius 3 is 2.81 bits per heavy atom. The number of carbonyl (C=O) groups excluding carboxylic acids is 1. The van der Waals surface area contributed by atoms with E-state index in [4.69, 9.17) is 9.84 Å². The number of ether oxygens (including phenoxy) is 1. The third-order valence-electron chi connectivity index (χ3n) is 4.86. The average molecular weight is 437 g/mol. The lowest BCUT2D eigenvalue weighted by Gasteiger charge is -2.02. The average Bonchev–Trinajstić information content (AvgIpc) is 3.58. The number of nitrogens with one attached hydrogen (secondary N) is 2. The number of hydrogen-bond acceptors (Lipinski definition) is 6. The van der Waals surface area contributed by atoms with Gasteiger partial charge in [0.05, 0.1) is 42.1 Å². The van der Waals surface area contributed by atoms with E-state index in [0.717, 1.165) is 31.2 Å². The van der Waals surface area contributed by atoms with Crippen molar-refractivity contribution in [2.45, 2.75) is 25.8 Å². The Morgan fingerprint density at radius 1 is 1.22 bits per heavy atom. The van der Waals surface area contributed by atoms with Crippen molar-refractivity contribution in [3.05, 3.63) is 64.6 Å². The van der Waals surface area contributed by atoms with E-state index in [1.54, 1.807) is 24.2 Å². The molecule has 9 heteroatoms. The number of aromatic amines is 1. The summed E-state index contributed by atoms with van der Waals surface area (Å²) < 4.78 is 6.66. The lowest BCUT2D eigenvalue weighted by molar-refractivity contribution is 0.0976. The summed E-state index contributed by atoms with van der Waals surface area (Å²) in [5.41, 5.74) is 2.57. The van der Waals surface area contributed by atoms with Crippen LogP contribution in [0.2, 0.25) is 0 Å². The van der Waals surface area contributed by atoms with Crippen molar-refractivity contribution in [2.75, 3.05) is 20.8 Å². The van der Waals surface area contributed by atoms with Gasteiger partial charge in [-0.05, 0) is 24.5 Å². The Morgan fingerprint density at radius 2 is 2.03 bits per heavy atom. The van der Waals surface area contributed by atoms with Gasteiger partial charge in [-0.25, -0.2) is 4.99 Å². The molecule has 2 aromatic heterocycles. The van der Waals surface area contributed by atoms with Gasteiger partial charge in [-0.2, -0.15) is 10.2 Å². The van der Waals surface area contributed by atoms with E-state index in [0.29, 0.717) is 31.0 Å². The molecule has 168 valence electrons. The summed E-state index contributed by atoms with van der Waals surface area (Å²) in [6, 6.07) is 7.86. The van der Waals surface area contributed by atoms with Gasteiger partial charge in [-0.3, -0.25) is 14.6 Å². The monoisotopic (exact) mass is 436 g/mol. The Hall–Kier alpha value is -3.56. The second kappa shape index (κ2) is 11.7. The minimum absolute atomic E-state index is 0.190. The summed E-state index contributed by atoms with van der Waals surface area (Å²) in [4.78, 5) is 16.6. The molecule has 32 heavy (non-hydrogen) atoms. The molecule has 0 radical (unpaired) electrons. The highest BCUT2D eigenvalue weighted by atomic mass is 16.5. The second-order valence-electron chi connectivity index (χ2n) is 7.03. The van der Waals surface area contributed by atoms with Gasteiger partial charge in [-0.15, -0.1) is 0 Å². The van der Waals surface area contributed by atoms with Crippen molar-refractivity contribution in [1.82, 2.24) is 25.3 Å². The maximum atomic E-state index is 12.2. The topological polar surface area (TPSA) is 117 Å². The van der Waals surface area contributed by atoms with Crippen molar-refractivity contribution in [2.24, 2.45) is 4.99 Å². The SMILES string of the molecule is C1=c2cn[nH]c2=CCC1.CO.COCCn1cc(C(=O)NC2=Nc3ccccc3C2)cn1. The molecule has 9 nitrogen and oxygen atoms in total. The van der Waals surface area contributed by atoms with Gasteiger partial charge < -0.3 is 15.2 Å². The van der Waals surface area contributed by atoms with Crippen molar-refractivity contribution in [1.29, 1.82) is 0 Å². The van der Waals surface area contributed by atoms with E-state index in [9.17, 15) is 4.79 Å². The first kappa shape index (κ1) is 23.1. The molecule has 1 aliphatic heterocycles. The molecule has 0 spiro atoms. The van der Waals surface area contributed by atoms with Crippen LogP contribution in [-0.2, 0) is 17.7 Å². The number of hydrogen-bond donors (Lipinski definition) is 3. The predicted molar refractivity (Wildman–Crippen MR) is 123 cm³/mol. The molecule has 2 aliphatic rings. The zero-order chi connectivity index (χ0) is 22.8. The third-order valence-corrected chi connectivity index (χ3v) is 4.86. The molecule has 0 unspecified atom stereocenters. The summed E-state index contributed by atoms with van der Waals surface area (Å²) in [6.07, 6.45) is 12.5. The van der Waals surface area contributed by atoms with E-state index in [1.807, 2.05) is 30.5 Å². The fourth-order valence-electron chi connectivity index (χ4n) is 3.30. The first-order valence-electron chi connectivity index (χ1n) is 10.4. The van der Waals surface area contributed by atoms with Crippen LogP contribution in [0.3, 0.4) is 0 Å². The quantitative estimate of drug-likeness (QED) is 0.562. The van der Waals surface area contributed by atoms with Gasteiger partial charge in [-0.1, -0.05) is 30.4 Å². The number of rotatable bonds is 4. The van der Waals surface area contributed by atoms with Gasteiger partial charge in [0.2, 0.25) is 0 Å². The molecule has 0 saturated carbocycles. The van der Waals surface area contributed by atoms with Crippen LogP contribution in [0, 0.1) is 0 Å². The summed E-state index contributed by atoms with van der Waals surface area (Å²) in [7, 11) is 2.63. The highest BCUT2D eigenvalue weighted by Crippen LogP contribution is 2.25. The van der Waals surface area contributed by atoms with Gasteiger partial charge in [0.15, 0.2) is 0 Å². The highest BCUT2D eigenvalue weighted by molar-refractivity contribution is 6.08. The number of aliphatic imine (C=N–C) groups is 1. The van der Waals surface area contributed by atoms with Crippen molar-refractivity contribution in [3.63, 3.8) is 0 Å². The summed E-state index contributed by atoms with van der Waals surface area (Å²) in [6.45, 7) is 1.18. The van der Waals surface area contributed by atoms with Crippen molar-refractivity contribution in [3.8, 4) is 0 Å². The number of benzene rings is 1. The summed E-state index contributed by atoms with van der Waals surface area (Å²) in [5, 5.41) is 23.2. The number of amides is 1. The molecule has 1 aliphatic carbocycles. The summed E-state index contributed by atoms with van der Waals surface area (Å²) in [5.74, 6) is 0.482. The number of para-hydroxylation sites is 1. The number of fused-ring (bicyclic) bond motifs is 2. The van der Waals surface area contributed by atoms with E-state index in [1.165, 1.54) is 10.6 Å². The fraction of sp³-hybridized carbons (Fsp3) is 0.304. The molecule has 0 saturated heterocycles. The largest absolute Gasteiger partial charge is 0.400 e. The van der Waals surface area contributed by atoms with Gasteiger partial charge in [0.1, 0.15) is 5.84 Å². The van der Waals surface area contributed by atoms with Crippen LogP contribution in [0.25, 0.3) is 12.2 Å². The van der Waals surface area contributed by atoms with E-state index < -0.39 is 0 Å². The number of aliphatic hydroxyl groups is 1. The van der Waals surface area contributed by atoms with Crippen LogP contribution < -0.4 is 15.9 Å². The van der Waals surface area contributed by atoms with Gasteiger partial charge >= 0.3 is 0 Å². The molecule has 1 aromatic carbocycles. The Labute approximate surface area is 186 Å². The number of carbonyl (C=O) groups is 1. The highest BCUT2D eigenvalue weighted by Gasteiger charge is 2.17. The van der Waals surface area contributed by atoms with Gasteiger partial charge in [0.25, 0.3) is 5.91 Å². The first-order chi connectivity index (χ1) is 15.7. The molecule has 5 rings (SSSR count). The van der Waals surface area contributed by atoms with E-state index in [2.05, 4.69) is 37.8 Å². The number of nitrogens with zero attached hydrogens (tertiary/aromatic N) is 4. The fourth-order valence-corrected chi connectivity index (χ4v) is 3.30. The molecule has 1 amide bonds.